The van der Waals surface area contributed by atoms with Crippen molar-refractivity contribution in [1.29, 1.82) is 0 Å². The minimum atomic E-state index is -0.164. The summed E-state index contributed by atoms with van der Waals surface area (Å²) in [5, 5.41) is 6.42. The molecule has 0 saturated heterocycles. The van der Waals surface area contributed by atoms with Crippen LogP contribution in [0.1, 0.15) is 48.6 Å². The van der Waals surface area contributed by atoms with E-state index >= 15 is 0 Å². The van der Waals surface area contributed by atoms with E-state index in [4.69, 9.17) is 9.47 Å². The molecule has 0 aromatic heterocycles. The zero-order valence-electron chi connectivity index (χ0n) is 16.8. The molecule has 1 aliphatic rings. The van der Waals surface area contributed by atoms with Crippen molar-refractivity contribution in [2.45, 2.75) is 45.9 Å². The highest BCUT2D eigenvalue weighted by atomic mass is 79.9. The van der Waals surface area contributed by atoms with Crippen LogP contribution in [0.5, 0.6) is 0 Å². The lowest BCUT2D eigenvalue weighted by Gasteiger charge is -2.27. The molecule has 3 rings (SSSR count). The minimum absolute atomic E-state index is 0.0977. The smallest absolute Gasteiger partial charge is 0.146 e. The molecule has 0 unspecified atom stereocenters. The Bertz CT molecular complexity index is 878. The number of rotatable bonds is 6. The van der Waals surface area contributed by atoms with Gasteiger partial charge < -0.3 is 9.47 Å². The fourth-order valence-corrected chi connectivity index (χ4v) is 3.48. The molecule has 4 nitrogen and oxygen atoms in total. The predicted octanol–water partition coefficient (Wildman–Crippen LogP) is 5.36. The molecule has 0 radical (unpaired) electrons. The summed E-state index contributed by atoms with van der Waals surface area (Å²) in [5.74, 6) is -0.164. The van der Waals surface area contributed by atoms with Crippen LogP contribution in [0.3, 0.4) is 0 Å². The lowest BCUT2D eigenvalue weighted by atomic mass is 9.85. The predicted molar refractivity (Wildman–Crippen MR) is 113 cm³/mol. The molecule has 0 amide bonds. The van der Waals surface area contributed by atoms with Crippen molar-refractivity contribution < 1.29 is 13.9 Å². The van der Waals surface area contributed by atoms with Crippen LogP contribution in [0.15, 0.2) is 39.9 Å². The SMILES string of the molecule is COCOCc1cc(CN2Cc3c(F)cc(C(C)(C)C)cc3C=N2)ccc1Br. The lowest BCUT2D eigenvalue weighted by molar-refractivity contribution is -0.0392. The highest BCUT2D eigenvalue weighted by Crippen LogP contribution is 2.29. The van der Waals surface area contributed by atoms with Crippen LogP contribution in [-0.2, 0) is 34.6 Å². The van der Waals surface area contributed by atoms with Gasteiger partial charge in [0.15, 0.2) is 0 Å². The average molecular weight is 449 g/mol. The van der Waals surface area contributed by atoms with E-state index in [9.17, 15) is 4.39 Å². The van der Waals surface area contributed by atoms with E-state index < -0.39 is 0 Å². The van der Waals surface area contributed by atoms with Crippen LogP contribution < -0.4 is 0 Å². The van der Waals surface area contributed by atoms with Crippen LogP contribution in [-0.4, -0.2) is 25.1 Å². The number of methoxy groups -OCH3 is 1. The van der Waals surface area contributed by atoms with Crippen molar-refractivity contribution in [3.63, 3.8) is 0 Å². The maximum atomic E-state index is 14.7. The van der Waals surface area contributed by atoms with E-state index in [1.807, 2.05) is 23.2 Å². The highest BCUT2D eigenvalue weighted by Gasteiger charge is 2.22. The van der Waals surface area contributed by atoms with Gasteiger partial charge in [0.25, 0.3) is 0 Å². The second-order valence-electron chi connectivity index (χ2n) is 8.02. The third-order valence-electron chi connectivity index (χ3n) is 4.73. The number of hydrazone groups is 1. The van der Waals surface area contributed by atoms with E-state index in [2.05, 4.69) is 47.9 Å². The van der Waals surface area contributed by atoms with Gasteiger partial charge in [-0.1, -0.05) is 48.8 Å². The third-order valence-corrected chi connectivity index (χ3v) is 5.50. The maximum Gasteiger partial charge on any atom is 0.146 e. The van der Waals surface area contributed by atoms with Crippen LogP contribution in [0, 0.1) is 5.82 Å². The van der Waals surface area contributed by atoms with E-state index in [1.165, 1.54) is 0 Å². The van der Waals surface area contributed by atoms with Crippen molar-refractivity contribution in [2.24, 2.45) is 5.10 Å². The Kier molecular flexibility index (Phi) is 6.53. The Morgan fingerprint density at radius 3 is 2.71 bits per heavy atom. The molecule has 2 aromatic rings. The Hall–Kier alpha value is -1.76. The Labute approximate surface area is 174 Å². The van der Waals surface area contributed by atoms with Gasteiger partial charge in [-0.25, -0.2) is 4.39 Å². The molecule has 0 fully saturated rings. The molecule has 0 bridgehead atoms. The molecule has 150 valence electrons. The minimum Gasteiger partial charge on any atom is -0.359 e. The molecular formula is C22H26BrFN2O2. The number of ether oxygens (including phenoxy) is 2. The second kappa shape index (κ2) is 8.72. The lowest BCUT2D eigenvalue weighted by Crippen LogP contribution is -2.24. The first-order chi connectivity index (χ1) is 13.3. The summed E-state index contributed by atoms with van der Waals surface area (Å²) in [4.78, 5) is 0. The number of nitrogens with zero attached hydrogens (tertiary/aromatic N) is 2. The van der Waals surface area contributed by atoms with Gasteiger partial charge in [0.05, 0.1) is 25.9 Å². The monoisotopic (exact) mass is 448 g/mol. The molecule has 1 heterocycles. The molecule has 1 aliphatic heterocycles. The van der Waals surface area contributed by atoms with Gasteiger partial charge in [-0.2, -0.15) is 5.10 Å². The topological polar surface area (TPSA) is 34.1 Å². The van der Waals surface area contributed by atoms with Gasteiger partial charge in [0, 0.05) is 22.7 Å². The summed E-state index contributed by atoms with van der Waals surface area (Å²) in [6.45, 7) is 8.01. The van der Waals surface area contributed by atoms with E-state index in [0.717, 1.165) is 26.7 Å². The highest BCUT2D eigenvalue weighted by molar-refractivity contribution is 9.10. The summed E-state index contributed by atoms with van der Waals surface area (Å²) in [6, 6.07) is 9.81. The quantitative estimate of drug-likeness (QED) is 0.440. The van der Waals surface area contributed by atoms with Gasteiger partial charge in [-0.15, -0.1) is 0 Å². The number of halogens is 2. The number of fused-ring (bicyclic) bond motifs is 1. The normalized spacial score (nSPS) is 13.7. The Balaban J connectivity index is 1.75. The van der Waals surface area contributed by atoms with Crippen molar-refractivity contribution in [2.75, 3.05) is 13.9 Å². The molecule has 28 heavy (non-hydrogen) atoms. The summed E-state index contributed by atoms with van der Waals surface area (Å²) in [5.41, 5.74) is 4.58. The zero-order chi connectivity index (χ0) is 20.3. The standard InChI is InChI=1S/C22H26BrFN2O2/c1-22(2,3)18-8-16-10-25-26(12-19(16)21(24)9-18)11-15-5-6-20(23)17(7-15)13-28-14-27-4/h5-10H,11-14H2,1-4H3. The van der Waals surface area contributed by atoms with Crippen LogP contribution in [0.4, 0.5) is 4.39 Å². The summed E-state index contributed by atoms with van der Waals surface area (Å²) in [6.07, 6.45) is 1.76. The largest absolute Gasteiger partial charge is 0.359 e. The van der Waals surface area contributed by atoms with Crippen molar-refractivity contribution >= 4 is 22.1 Å². The van der Waals surface area contributed by atoms with E-state index in [-0.39, 0.29) is 18.0 Å². The summed E-state index contributed by atoms with van der Waals surface area (Å²) in [7, 11) is 1.60. The fourth-order valence-electron chi connectivity index (χ4n) is 3.12. The van der Waals surface area contributed by atoms with E-state index in [1.54, 1.807) is 19.4 Å². The van der Waals surface area contributed by atoms with Crippen molar-refractivity contribution in [3.05, 3.63) is 68.4 Å². The van der Waals surface area contributed by atoms with Gasteiger partial charge in [-0.3, -0.25) is 5.01 Å². The molecular weight excluding hydrogens is 423 g/mol. The summed E-state index contributed by atoms with van der Waals surface area (Å²) < 4.78 is 26.1. The van der Waals surface area contributed by atoms with Gasteiger partial charge in [0.2, 0.25) is 0 Å². The molecule has 0 saturated carbocycles. The van der Waals surface area contributed by atoms with Gasteiger partial charge >= 0.3 is 0 Å². The van der Waals surface area contributed by atoms with Crippen LogP contribution in [0.2, 0.25) is 0 Å². The Morgan fingerprint density at radius 2 is 2.00 bits per heavy atom. The molecule has 0 spiro atoms. The number of benzene rings is 2. The number of hydrogen-bond acceptors (Lipinski definition) is 4. The molecule has 2 aromatic carbocycles. The van der Waals surface area contributed by atoms with Crippen LogP contribution in [0.25, 0.3) is 0 Å². The number of hydrogen-bond donors (Lipinski definition) is 0. The van der Waals surface area contributed by atoms with Crippen molar-refractivity contribution in [1.82, 2.24) is 5.01 Å². The van der Waals surface area contributed by atoms with Crippen LogP contribution >= 0.6 is 15.9 Å². The first-order valence-corrected chi connectivity index (χ1v) is 10.0. The second-order valence-corrected chi connectivity index (χ2v) is 8.88. The van der Waals surface area contributed by atoms with E-state index in [0.29, 0.717) is 25.3 Å². The molecule has 0 atom stereocenters. The summed E-state index contributed by atoms with van der Waals surface area (Å²) >= 11 is 3.55. The van der Waals surface area contributed by atoms with Crippen molar-refractivity contribution in [3.8, 4) is 0 Å². The van der Waals surface area contributed by atoms with Gasteiger partial charge in [0.1, 0.15) is 12.6 Å². The maximum absolute atomic E-state index is 14.7. The first-order valence-electron chi connectivity index (χ1n) is 9.23. The first kappa shape index (κ1) is 21.0. The average Bonchev–Trinajstić information content (AvgIpc) is 2.64. The Morgan fingerprint density at radius 1 is 1.21 bits per heavy atom. The molecule has 6 heteroatoms. The zero-order valence-corrected chi connectivity index (χ0v) is 18.3. The fraction of sp³-hybridized carbons (Fsp3) is 0.409. The molecule has 0 N–H and O–H groups in total. The third kappa shape index (κ3) is 4.99. The molecule has 0 aliphatic carbocycles. The van der Waals surface area contributed by atoms with Gasteiger partial charge in [-0.05, 0) is 40.3 Å².